The summed E-state index contributed by atoms with van der Waals surface area (Å²) in [5.74, 6) is 0.565. The van der Waals surface area contributed by atoms with Gasteiger partial charge in [0, 0.05) is 22.8 Å². The SMILES string of the molecule is O=C(CCSc1ccccc1)Nc1ccc(S(=O)(=O)Nc2ccc(Cl)nn2)cc1. The lowest BCUT2D eigenvalue weighted by atomic mass is 10.3. The van der Waals surface area contributed by atoms with Gasteiger partial charge in [-0.15, -0.1) is 22.0 Å². The van der Waals surface area contributed by atoms with Gasteiger partial charge in [0.2, 0.25) is 5.91 Å². The zero-order valence-electron chi connectivity index (χ0n) is 15.1. The Kier molecular flexibility index (Phi) is 7.08. The van der Waals surface area contributed by atoms with E-state index in [1.165, 1.54) is 36.4 Å². The maximum atomic E-state index is 12.4. The lowest BCUT2D eigenvalue weighted by Gasteiger charge is -2.09. The van der Waals surface area contributed by atoms with Crippen molar-refractivity contribution in [3.05, 3.63) is 71.9 Å². The van der Waals surface area contributed by atoms with E-state index in [1.807, 2.05) is 30.3 Å². The van der Waals surface area contributed by atoms with E-state index in [0.29, 0.717) is 17.9 Å². The number of anilines is 2. The minimum absolute atomic E-state index is 0.0342. The zero-order chi connectivity index (χ0) is 20.7. The van der Waals surface area contributed by atoms with Crippen LogP contribution in [0.3, 0.4) is 0 Å². The van der Waals surface area contributed by atoms with Crippen LogP contribution in [0.4, 0.5) is 11.5 Å². The highest BCUT2D eigenvalue weighted by molar-refractivity contribution is 7.99. The number of rotatable bonds is 8. The molecule has 1 aromatic heterocycles. The van der Waals surface area contributed by atoms with Gasteiger partial charge in [-0.05, 0) is 48.5 Å². The van der Waals surface area contributed by atoms with Gasteiger partial charge >= 0.3 is 0 Å². The Morgan fingerprint density at radius 3 is 2.34 bits per heavy atom. The van der Waals surface area contributed by atoms with Gasteiger partial charge in [-0.2, -0.15) is 0 Å². The first-order chi connectivity index (χ1) is 13.9. The summed E-state index contributed by atoms with van der Waals surface area (Å²) in [5.41, 5.74) is 0.518. The molecule has 0 saturated carbocycles. The van der Waals surface area contributed by atoms with E-state index < -0.39 is 10.0 Å². The number of hydrogen-bond acceptors (Lipinski definition) is 6. The zero-order valence-corrected chi connectivity index (χ0v) is 17.5. The molecule has 7 nitrogen and oxygen atoms in total. The monoisotopic (exact) mass is 448 g/mol. The average molecular weight is 449 g/mol. The van der Waals surface area contributed by atoms with Crippen LogP contribution in [-0.2, 0) is 14.8 Å². The van der Waals surface area contributed by atoms with E-state index in [0.717, 1.165) is 4.90 Å². The normalized spacial score (nSPS) is 11.1. The summed E-state index contributed by atoms with van der Waals surface area (Å²) in [5, 5.41) is 10.2. The molecule has 1 heterocycles. The molecule has 0 atom stereocenters. The molecule has 1 amide bonds. The number of halogens is 1. The molecule has 0 radical (unpaired) electrons. The Morgan fingerprint density at radius 2 is 1.69 bits per heavy atom. The van der Waals surface area contributed by atoms with Crippen LogP contribution in [0.1, 0.15) is 6.42 Å². The van der Waals surface area contributed by atoms with Crippen LogP contribution in [0.2, 0.25) is 5.15 Å². The van der Waals surface area contributed by atoms with Crippen molar-refractivity contribution >= 4 is 50.8 Å². The fraction of sp³-hybridized carbons (Fsp3) is 0.105. The Labute approximate surface area is 177 Å². The van der Waals surface area contributed by atoms with Gasteiger partial charge in [-0.1, -0.05) is 29.8 Å². The first-order valence-electron chi connectivity index (χ1n) is 8.52. The molecule has 29 heavy (non-hydrogen) atoms. The topological polar surface area (TPSA) is 101 Å². The van der Waals surface area contributed by atoms with Crippen LogP contribution in [0, 0.1) is 0 Å². The number of nitrogens with zero attached hydrogens (tertiary/aromatic N) is 2. The molecule has 0 aliphatic heterocycles. The van der Waals surface area contributed by atoms with Crippen molar-refractivity contribution in [1.82, 2.24) is 10.2 Å². The predicted molar refractivity (Wildman–Crippen MR) is 115 cm³/mol. The summed E-state index contributed by atoms with van der Waals surface area (Å²) in [4.78, 5) is 13.2. The number of nitrogens with one attached hydrogen (secondary N) is 2. The largest absolute Gasteiger partial charge is 0.326 e. The van der Waals surface area contributed by atoms with Gasteiger partial charge in [-0.3, -0.25) is 9.52 Å². The fourth-order valence-corrected chi connectivity index (χ4v) is 4.26. The van der Waals surface area contributed by atoms with Gasteiger partial charge < -0.3 is 5.32 Å². The van der Waals surface area contributed by atoms with Crippen LogP contribution in [0.15, 0.2) is 76.5 Å². The van der Waals surface area contributed by atoms with Crippen molar-refractivity contribution in [3.8, 4) is 0 Å². The van der Waals surface area contributed by atoms with Gasteiger partial charge in [0.15, 0.2) is 11.0 Å². The molecule has 2 aromatic carbocycles. The first kappa shape index (κ1) is 21.1. The molecule has 0 aliphatic carbocycles. The predicted octanol–water partition coefficient (Wildman–Crippen LogP) is 4.05. The second kappa shape index (κ2) is 9.73. The van der Waals surface area contributed by atoms with E-state index in [-0.39, 0.29) is 21.8 Å². The lowest BCUT2D eigenvalue weighted by Crippen LogP contribution is -2.15. The van der Waals surface area contributed by atoms with Crippen LogP contribution in [-0.4, -0.2) is 30.3 Å². The summed E-state index contributed by atoms with van der Waals surface area (Å²) in [6, 6.07) is 18.5. The van der Waals surface area contributed by atoms with Crippen molar-refractivity contribution in [2.75, 3.05) is 15.8 Å². The minimum Gasteiger partial charge on any atom is -0.326 e. The molecule has 0 fully saturated rings. The number of hydrogen-bond donors (Lipinski definition) is 2. The van der Waals surface area contributed by atoms with Crippen LogP contribution in [0.25, 0.3) is 0 Å². The standard InChI is InChI=1S/C19H17ClN4O3S2/c20-17-10-11-18(23-22-17)24-29(26,27)16-8-6-14(7-9-16)21-19(25)12-13-28-15-4-2-1-3-5-15/h1-11H,12-13H2,(H,21,25)(H,23,24). The van der Waals surface area contributed by atoms with E-state index in [9.17, 15) is 13.2 Å². The third kappa shape index (κ3) is 6.45. The summed E-state index contributed by atoms with van der Waals surface area (Å²) in [6.45, 7) is 0. The second-order valence-corrected chi connectivity index (χ2v) is 9.07. The number of carbonyl (C=O) groups excluding carboxylic acids is 1. The quantitative estimate of drug-likeness (QED) is 0.504. The third-order valence-electron chi connectivity index (χ3n) is 3.66. The Hall–Kier alpha value is -2.62. The molecule has 3 aromatic rings. The fourth-order valence-electron chi connectivity index (χ4n) is 2.29. The van der Waals surface area contributed by atoms with E-state index >= 15 is 0 Å². The van der Waals surface area contributed by atoms with Gasteiger partial charge in [-0.25, -0.2) is 8.42 Å². The molecule has 3 rings (SSSR count). The van der Waals surface area contributed by atoms with E-state index in [4.69, 9.17) is 11.6 Å². The first-order valence-corrected chi connectivity index (χ1v) is 11.4. The van der Waals surface area contributed by atoms with Gasteiger partial charge in [0.05, 0.1) is 4.90 Å². The van der Waals surface area contributed by atoms with Crippen LogP contribution >= 0.6 is 23.4 Å². The molecule has 2 N–H and O–H groups in total. The third-order valence-corrected chi connectivity index (χ3v) is 6.25. The number of thioether (sulfide) groups is 1. The highest BCUT2D eigenvalue weighted by Gasteiger charge is 2.15. The number of aromatic nitrogens is 2. The highest BCUT2D eigenvalue weighted by Crippen LogP contribution is 2.20. The molecule has 0 unspecified atom stereocenters. The molecule has 0 aliphatic rings. The molecule has 150 valence electrons. The summed E-state index contributed by atoms with van der Waals surface area (Å²) >= 11 is 7.23. The van der Waals surface area contributed by atoms with Crippen molar-refractivity contribution < 1.29 is 13.2 Å². The minimum atomic E-state index is -3.83. The van der Waals surface area contributed by atoms with Crippen LogP contribution < -0.4 is 10.0 Å². The van der Waals surface area contributed by atoms with Crippen molar-refractivity contribution in [1.29, 1.82) is 0 Å². The molecule has 0 spiro atoms. The summed E-state index contributed by atoms with van der Waals surface area (Å²) < 4.78 is 27.1. The Morgan fingerprint density at radius 1 is 0.966 bits per heavy atom. The van der Waals surface area contributed by atoms with Crippen LogP contribution in [0.5, 0.6) is 0 Å². The molecule has 0 saturated heterocycles. The lowest BCUT2D eigenvalue weighted by molar-refractivity contribution is -0.115. The van der Waals surface area contributed by atoms with Gasteiger partial charge in [0.1, 0.15) is 0 Å². The molecular formula is C19H17ClN4O3S2. The highest BCUT2D eigenvalue weighted by atomic mass is 35.5. The van der Waals surface area contributed by atoms with Gasteiger partial charge in [0.25, 0.3) is 10.0 Å². The van der Waals surface area contributed by atoms with Crippen molar-refractivity contribution in [2.24, 2.45) is 0 Å². The smallest absolute Gasteiger partial charge is 0.263 e. The number of carbonyl (C=O) groups is 1. The number of benzene rings is 2. The maximum Gasteiger partial charge on any atom is 0.263 e. The average Bonchev–Trinajstić information content (AvgIpc) is 2.71. The van der Waals surface area contributed by atoms with Crippen molar-refractivity contribution in [2.45, 2.75) is 16.2 Å². The molecule has 10 heteroatoms. The van der Waals surface area contributed by atoms with E-state index in [2.05, 4.69) is 20.2 Å². The summed E-state index contributed by atoms with van der Waals surface area (Å²) in [7, 11) is -3.83. The Balaban J connectivity index is 1.53. The van der Waals surface area contributed by atoms with E-state index in [1.54, 1.807) is 11.8 Å². The van der Waals surface area contributed by atoms with Crippen molar-refractivity contribution in [3.63, 3.8) is 0 Å². The summed E-state index contributed by atoms with van der Waals surface area (Å²) in [6.07, 6.45) is 0.344. The number of sulfonamides is 1. The molecular weight excluding hydrogens is 432 g/mol. The number of amides is 1. The Bertz CT molecular complexity index is 1060. The maximum absolute atomic E-state index is 12.4. The second-order valence-electron chi connectivity index (χ2n) is 5.83. The molecule has 0 bridgehead atoms.